The maximum Gasteiger partial charge on any atom is 0.451 e. The molecule has 1 aliphatic rings. The summed E-state index contributed by atoms with van der Waals surface area (Å²) in [5.74, 6) is -17.9. The van der Waals surface area contributed by atoms with Crippen molar-refractivity contribution >= 4 is 20.4 Å². The van der Waals surface area contributed by atoms with Gasteiger partial charge in [0.2, 0.25) is 0 Å². The first-order valence-electron chi connectivity index (χ1n) is 6.76. The number of nitrogens with zero attached hydrogens (tertiary/aromatic N) is 2. The summed E-state index contributed by atoms with van der Waals surface area (Å²) in [6.07, 6.45) is 0. The highest BCUT2D eigenvalue weighted by atomic mass is 32.3. The van der Waals surface area contributed by atoms with E-state index in [1.807, 2.05) is 0 Å². The van der Waals surface area contributed by atoms with Gasteiger partial charge < -0.3 is 0 Å². The van der Waals surface area contributed by atoms with Gasteiger partial charge in [-0.25, -0.2) is 4.39 Å². The fraction of sp³-hybridized carbons (Fsp3) is 1.00. The van der Waals surface area contributed by atoms with Gasteiger partial charge in [-0.1, -0.05) is 7.77 Å². The highest BCUT2D eigenvalue weighted by Crippen LogP contribution is 2.67. The van der Waals surface area contributed by atoms with Crippen molar-refractivity contribution in [3.63, 3.8) is 0 Å². The smallest absolute Gasteiger partial charge is 0.210 e. The molecule has 6 nitrogen and oxygen atoms in total. The molecular formula is C8F18N2O4S2. The Balaban J connectivity index is 4.45. The number of alkyl halides is 15. The first-order valence-corrected chi connectivity index (χ1v) is 9.52. The Kier molecular flexibility index (Phi) is 6.36. The van der Waals surface area contributed by atoms with Crippen LogP contribution in [0.1, 0.15) is 0 Å². The van der Waals surface area contributed by atoms with E-state index >= 15 is 0 Å². The molecule has 1 unspecified atom stereocenters. The molecule has 0 aliphatic carbocycles. The molecule has 1 aliphatic heterocycles. The van der Waals surface area contributed by atoms with Gasteiger partial charge in [0.25, 0.3) is 0 Å². The molecule has 0 N–H and O–H groups in total. The molecule has 1 fully saturated rings. The maximum absolute atomic E-state index is 14.6. The number of halogens is 18. The van der Waals surface area contributed by atoms with E-state index in [4.69, 9.17) is 0 Å². The molecule has 204 valence electrons. The summed E-state index contributed by atoms with van der Waals surface area (Å²) < 4.78 is 283. The molecule has 26 heteroatoms. The van der Waals surface area contributed by atoms with Gasteiger partial charge in [0.05, 0.1) is 0 Å². The molecule has 0 aromatic heterocycles. The van der Waals surface area contributed by atoms with Crippen LogP contribution in [-0.2, 0) is 20.4 Å². The number of piperazine rings is 1. The van der Waals surface area contributed by atoms with Crippen LogP contribution >= 0.6 is 0 Å². The molecule has 0 saturated carbocycles. The van der Waals surface area contributed by atoms with Gasteiger partial charge in [-0.15, -0.1) is 9.38 Å². The molecular weight excluding hydrogens is 594 g/mol. The summed E-state index contributed by atoms with van der Waals surface area (Å²) in [5.41, 5.74) is 0. The molecule has 1 atom stereocenters. The van der Waals surface area contributed by atoms with E-state index in [0.29, 0.717) is 0 Å². The zero-order valence-electron chi connectivity index (χ0n) is 14.1. The molecule has 0 aromatic rings. The summed E-state index contributed by atoms with van der Waals surface area (Å²) in [6, 6.07) is -33.6. The lowest BCUT2D eigenvalue weighted by Gasteiger charge is -2.57. The highest BCUT2D eigenvalue weighted by Gasteiger charge is 3.00. The van der Waals surface area contributed by atoms with Crippen LogP contribution in [0, 0.1) is 0 Å². The summed E-state index contributed by atoms with van der Waals surface area (Å²) in [7, 11) is -17.3. The minimum atomic E-state index is -8.94. The minimum absolute atomic E-state index is 4.54. The summed E-state index contributed by atoms with van der Waals surface area (Å²) in [5, 5.41) is -21.2. The predicted molar refractivity (Wildman–Crippen MR) is 63.3 cm³/mol. The fourth-order valence-corrected chi connectivity index (χ4v) is 3.04. The normalized spacial score (nSPS) is 27.6. The van der Waals surface area contributed by atoms with Gasteiger partial charge >= 0.3 is 66.9 Å². The van der Waals surface area contributed by atoms with Crippen molar-refractivity contribution in [3.8, 4) is 0 Å². The van der Waals surface area contributed by atoms with Gasteiger partial charge in [0.1, 0.15) is 0 Å². The van der Waals surface area contributed by atoms with Crippen molar-refractivity contribution in [3.05, 3.63) is 0 Å². The summed E-state index contributed by atoms with van der Waals surface area (Å²) in [4.78, 5) is -5.08. The third-order valence-corrected chi connectivity index (χ3v) is 5.59. The van der Waals surface area contributed by atoms with Gasteiger partial charge in [-0.2, -0.15) is 78.3 Å². The van der Waals surface area contributed by atoms with Gasteiger partial charge in [-0.3, -0.25) is 0 Å². The van der Waals surface area contributed by atoms with Crippen molar-refractivity contribution in [2.75, 3.05) is 0 Å². The lowest BCUT2D eigenvalue weighted by molar-refractivity contribution is -0.572. The average Bonchev–Trinajstić information content (AvgIpc) is 2.56. The van der Waals surface area contributed by atoms with E-state index in [1.54, 1.807) is 0 Å². The standard InChI is InChI=1S/C8F18N2O4S2/c9-1(10,7(20,21)33(25,29)30)2(11)3(12,13)28(24)5(16,17)4(14,15)27(2)6(18,19)8(22,23)34(26,31)32. The van der Waals surface area contributed by atoms with Crippen LogP contribution in [0.4, 0.5) is 78.1 Å². The molecule has 0 aromatic carbocycles. The van der Waals surface area contributed by atoms with Gasteiger partial charge in [-0.05, 0) is 5.12 Å². The quantitative estimate of drug-likeness (QED) is 0.201. The molecule has 0 bridgehead atoms. The molecule has 1 saturated heterocycles. The van der Waals surface area contributed by atoms with Gasteiger partial charge in [0, 0.05) is 0 Å². The van der Waals surface area contributed by atoms with Crippen LogP contribution in [-0.4, -0.2) is 73.3 Å². The average molecular weight is 594 g/mol. The van der Waals surface area contributed by atoms with Crippen molar-refractivity contribution in [1.29, 1.82) is 0 Å². The van der Waals surface area contributed by atoms with E-state index in [0.717, 1.165) is 0 Å². The van der Waals surface area contributed by atoms with Crippen molar-refractivity contribution in [1.82, 2.24) is 10.0 Å². The molecule has 34 heavy (non-hydrogen) atoms. The second-order valence-corrected chi connectivity index (χ2v) is 8.66. The third-order valence-electron chi connectivity index (χ3n) is 3.87. The first-order chi connectivity index (χ1) is 14.3. The molecule has 1 heterocycles. The Morgan fingerprint density at radius 1 is 0.559 bits per heavy atom. The Labute approximate surface area is 173 Å². The SMILES string of the molecule is O=S(=O)(F)C(F)(F)C(F)(F)N1C(F)(F)C(F)(F)N(F)C(F)(F)C1(F)C(F)(F)C(F)(F)S(=O)(=O)F. The van der Waals surface area contributed by atoms with Crippen LogP contribution in [0.2, 0.25) is 0 Å². The lowest BCUT2D eigenvalue weighted by atomic mass is 9.96. The Bertz CT molecular complexity index is 1050. The number of rotatable bonds is 6. The van der Waals surface area contributed by atoms with Crippen LogP contribution < -0.4 is 0 Å². The monoisotopic (exact) mass is 594 g/mol. The molecule has 0 spiro atoms. The van der Waals surface area contributed by atoms with Crippen molar-refractivity contribution in [2.24, 2.45) is 0 Å². The summed E-state index contributed by atoms with van der Waals surface area (Å²) in [6.45, 7) is 0. The summed E-state index contributed by atoms with van der Waals surface area (Å²) >= 11 is 0. The van der Waals surface area contributed by atoms with Crippen molar-refractivity contribution in [2.45, 2.75) is 46.4 Å². The fourth-order valence-electron chi connectivity index (χ4n) is 2.21. The third kappa shape index (κ3) is 3.19. The van der Waals surface area contributed by atoms with E-state index in [9.17, 15) is 94.9 Å². The zero-order chi connectivity index (χ0) is 28.2. The second kappa shape index (κ2) is 7.07. The molecule has 0 radical (unpaired) electrons. The molecule has 1 rings (SSSR count). The Morgan fingerprint density at radius 2 is 0.882 bits per heavy atom. The largest absolute Gasteiger partial charge is 0.451 e. The topological polar surface area (TPSA) is 74.8 Å². The molecule has 0 amide bonds. The second-order valence-electron chi connectivity index (χ2n) is 5.89. The maximum atomic E-state index is 14.6. The lowest BCUT2D eigenvalue weighted by Crippen LogP contribution is -2.90. The van der Waals surface area contributed by atoms with Crippen LogP contribution in [0.25, 0.3) is 0 Å². The number of hydrogen-bond acceptors (Lipinski definition) is 6. The van der Waals surface area contributed by atoms with Crippen LogP contribution in [0.15, 0.2) is 0 Å². The van der Waals surface area contributed by atoms with E-state index in [-0.39, 0.29) is 0 Å². The predicted octanol–water partition coefficient (Wildman–Crippen LogP) is 3.95. The van der Waals surface area contributed by atoms with Crippen molar-refractivity contribution < 1.29 is 94.9 Å². The highest BCUT2D eigenvalue weighted by molar-refractivity contribution is 7.87. The Hall–Kier alpha value is -1.44. The zero-order valence-corrected chi connectivity index (χ0v) is 15.8. The van der Waals surface area contributed by atoms with Gasteiger partial charge in [0.15, 0.2) is 0 Å². The van der Waals surface area contributed by atoms with Crippen LogP contribution in [0.3, 0.4) is 0 Å². The van der Waals surface area contributed by atoms with E-state index in [1.165, 1.54) is 0 Å². The van der Waals surface area contributed by atoms with E-state index in [2.05, 4.69) is 0 Å². The first kappa shape index (κ1) is 30.6. The number of hydrogen-bond donors (Lipinski definition) is 0. The van der Waals surface area contributed by atoms with E-state index < -0.39 is 76.9 Å². The Morgan fingerprint density at radius 3 is 1.18 bits per heavy atom. The van der Waals surface area contributed by atoms with Crippen LogP contribution in [0.5, 0.6) is 0 Å². The minimum Gasteiger partial charge on any atom is -0.210 e.